The molecule has 88 valence electrons. The second kappa shape index (κ2) is 4.99. The van der Waals surface area contributed by atoms with Gasteiger partial charge in [0.05, 0.1) is 12.7 Å². The van der Waals surface area contributed by atoms with E-state index in [1.54, 1.807) is 32.0 Å². The number of hydrogen-bond acceptors (Lipinski definition) is 4. The third-order valence-corrected chi connectivity index (χ3v) is 1.90. The summed E-state index contributed by atoms with van der Waals surface area (Å²) in [5.41, 5.74) is -0.422. The van der Waals surface area contributed by atoms with Crippen molar-refractivity contribution >= 4 is 6.29 Å². The van der Waals surface area contributed by atoms with Crippen LogP contribution in [0.15, 0.2) is 18.2 Å². The zero-order valence-electron chi connectivity index (χ0n) is 9.69. The predicted octanol–water partition coefficient (Wildman–Crippen LogP) is 1.66. The van der Waals surface area contributed by atoms with Crippen LogP contribution in [0.25, 0.3) is 0 Å². The van der Waals surface area contributed by atoms with Crippen LogP contribution in [0.5, 0.6) is 11.5 Å². The summed E-state index contributed by atoms with van der Waals surface area (Å²) >= 11 is 0. The molecular formula is C12H16O4. The molecule has 0 aliphatic rings. The number of aliphatic hydroxyl groups is 1. The van der Waals surface area contributed by atoms with Gasteiger partial charge in [-0.1, -0.05) is 0 Å². The smallest absolute Gasteiger partial charge is 0.162 e. The maximum Gasteiger partial charge on any atom is 0.162 e. The van der Waals surface area contributed by atoms with Gasteiger partial charge in [-0.15, -0.1) is 0 Å². The van der Waals surface area contributed by atoms with Crippen LogP contribution >= 0.6 is 0 Å². The maximum absolute atomic E-state index is 10.6. The summed E-state index contributed by atoms with van der Waals surface area (Å²) in [6.45, 7) is 3.41. The molecule has 16 heavy (non-hydrogen) atoms. The van der Waals surface area contributed by atoms with Crippen molar-refractivity contribution in [1.82, 2.24) is 0 Å². The van der Waals surface area contributed by atoms with Crippen molar-refractivity contribution in [1.29, 1.82) is 0 Å². The van der Waals surface area contributed by atoms with Gasteiger partial charge in [0.1, 0.15) is 12.9 Å². The van der Waals surface area contributed by atoms with Crippen LogP contribution < -0.4 is 9.47 Å². The molecule has 0 saturated heterocycles. The van der Waals surface area contributed by atoms with E-state index in [2.05, 4.69) is 0 Å². The zero-order valence-corrected chi connectivity index (χ0v) is 9.69. The number of aldehydes is 1. The number of rotatable bonds is 5. The lowest BCUT2D eigenvalue weighted by molar-refractivity contribution is 0.0276. The Morgan fingerprint density at radius 1 is 1.38 bits per heavy atom. The van der Waals surface area contributed by atoms with Crippen molar-refractivity contribution in [3.63, 3.8) is 0 Å². The standard InChI is InChI=1S/C12H16O4/c1-12(2,14)8-16-11-6-9(7-13)4-5-10(11)15-3/h4-7,14H,8H2,1-3H3. The molecule has 0 bridgehead atoms. The highest BCUT2D eigenvalue weighted by Gasteiger charge is 2.15. The number of ether oxygens (including phenoxy) is 2. The van der Waals surface area contributed by atoms with Gasteiger partial charge in [-0.3, -0.25) is 4.79 Å². The highest BCUT2D eigenvalue weighted by Crippen LogP contribution is 2.28. The normalized spacial score (nSPS) is 11.0. The molecule has 0 aliphatic carbocycles. The van der Waals surface area contributed by atoms with Gasteiger partial charge in [-0.05, 0) is 32.0 Å². The van der Waals surface area contributed by atoms with Gasteiger partial charge in [0.25, 0.3) is 0 Å². The van der Waals surface area contributed by atoms with Crippen LogP contribution in [0.2, 0.25) is 0 Å². The second-order valence-corrected chi connectivity index (χ2v) is 4.13. The van der Waals surface area contributed by atoms with Crippen molar-refractivity contribution in [2.45, 2.75) is 19.4 Å². The lowest BCUT2D eigenvalue weighted by Gasteiger charge is -2.19. The number of carbonyl (C=O) groups is 1. The minimum absolute atomic E-state index is 0.131. The van der Waals surface area contributed by atoms with Gasteiger partial charge < -0.3 is 14.6 Å². The topological polar surface area (TPSA) is 55.8 Å². The first-order valence-corrected chi connectivity index (χ1v) is 4.94. The average Bonchev–Trinajstić information content (AvgIpc) is 2.25. The molecule has 0 fully saturated rings. The molecule has 0 amide bonds. The SMILES string of the molecule is COc1ccc(C=O)cc1OCC(C)(C)O. The minimum Gasteiger partial charge on any atom is -0.493 e. The molecule has 0 radical (unpaired) electrons. The first-order chi connectivity index (χ1) is 7.46. The van der Waals surface area contributed by atoms with E-state index in [9.17, 15) is 9.90 Å². The monoisotopic (exact) mass is 224 g/mol. The first-order valence-electron chi connectivity index (χ1n) is 4.94. The molecular weight excluding hydrogens is 208 g/mol. The second-order valence-electron chi connectivity index (χ2n) is 4.13. The van der Waals surface area contributed by atoms with Crippen LogP contribution in [0.4, 0.5) is 0 Å². The largest absolute Gasteiger partial charge is 0.493 e. The van der Waals surface area contributed by atoms with Crippen LogP contribution in [0.1, 0.15) is 24.2 Å². The summed E-state index contributed by atoms with van der Waals surface area (Å²) in [6, 6.07) is 4.88. The molecule has 1 aromatic rings. The molecule has 0 heterocycles. The fraction of sp³-hybridized carbons (Fsp3) is 0.417. The Kier molecular flexibility index (Phi) is 3.90. The van der Waals surface area contributed by atoms with E-state index in [0.717, 1.165) is 6.29 Å². The molecule has 1 aromatic carbocycles. The molecule has 0 aromatic heterocycles. The van der Waals surface area contributed by atoms with E-state index in [1.165, 1.54) is 7.11 Å². The summed E-state index contributed by atoms with van der Waals surface area (Å²) < 4.78 is 10.5. The molecule has 1 rings (SSSR count). The Morgan fingerprint density at radius 2 is 2.06 bits per heavy atom. The van der Waals surface area contributed by atoms with E-state index < -0.39 is 5.60 Å². The third kappa shape index (κ3) is 3.55. The first kappa shape index (κ1) is 12.5. The Morgan fingerprint density at radius 3 is 2.56 bits per heavy atom. The Bertz CT molecular complexity index is 366. The fourth-order valence-electron chi connectivity index (χ4n) is 1.13. The van der Waals surface area contributed by atoms with E-state index >= 15 is 0 Å². The van der Waals surface area contributed by atoms with Crippen molar-refractivity contribution in [3.8, 4) is 11.5 Å². The van der Waals surface area contributed by atoms with Crippen molar-refractivity contribution in [2.24, 2.45) is 0 Å². The lowest BCUT2D eigenvalue weighted by Crippen LogP contribution is -2.28. The van der Waals surface area contributed by atoms with Crippen molar-refractivity contribution in [3.05, 3.63) is 23.8 Å². The predicted molar refractivity (Wildman–Crippen MR) is 60.2 cm³/mol. The molecule has 0 saturated carbocycles. The summed E-state index contributed by atoms with van der Waals surface area (Å²) in [5.74, 6) is 0.990. The van der Waals surface area contributed by atoms with E-state index in [0.29, 0.717) is 17.1 Å². The quantitative estimate of drug-likeness (QED) is 0.773. The summed E-state index contributed by atoms with van der Waals surface area (Å²) in [5, 5.41) is 9.53. The van der Waals surface area contributed by atoms with Gasteiger partial charge in [-0.2, -0.15) is 0 Å². The molecule has 0 atom stereocenters. The van der Waals surface area contributed by atoms with Gasteiger partial charge in [0.2, 0.25) is 0 Å². The summed E-state index contributed by atoms with van der Waals surface area (Å²) in [7, 11) is 1.52. The Balaban J connectivity index is 2.87. The van der Waals surface area contributed by atoms with E-state index in [4.69, 9.17) is 9.47 Å². The molecule has 4 heteroatoms. The minimum atomic E-state index is -0.928. The number of hydrogen-bond donors (Lipinski definition) is 1. The molecule has 1 N–H and O–H groups in total. The van der Waals surface area contributed by atoms with Crippen LogP contribution in [0.3, 0.4) is 0 Å². The maximum atomic E-state index is 10.6. The number of methoxy groups -OCH3 is 1. The molecule has 4 nitrogen and oxygen atoms in total. The van der Waals surface area contributed by atoms with Crippen LogP contribution in [-0.4, -0.2) is 30.7 Å². The number of benzene rings is 1. The number of carbonyl (C=O) groups excluding carboxylic acids is 1. The average molecular weight is 224 g/mol. The van der Waals surface area contributed by atoms with E-state index in [-0.39, 0.29) is 6.61 Å². The lowest BCUT2D eigenvalue weighted by atomic mass is 10.1. The summed E-state index contributed by atoms with van der Waals surface area (Å²) in [6.07, 6.45) is 0.733. The fourth-order valence-corrected chi connectivity index (χ4v) is 1.13. The molecule has 0 aliphatic heterocycles. The van der Waals surface area contributed by atoms with Crippen LogP contribution in [0, 0.1) is 0 Å². The Hall–Kier alpha value is -1.55. The van der Waals surface area contributed by atoms with Gasteiger partial charge >= 0.3 is 0 Å². The van der Waals surface area contributed by atoms with Gasteiger partial charge in [0.15, 0.2) is 11.5 Å². The van der Waals surface area contributed by atoms with Crippen LogP contribution in [-0.2, 0) is 0 Å². The summed E-state index contributed by atoms with van der Waals surface area (Å²) in [4.78, 5) is 10.6. The zero-order chi connectivity index (χ0) is 12.2. The third-order valence-electron chi connectivity index (χ3n) is 1.90. The molecule has 0 spiro atoms. The van der Waals surface area contributed by atoms with Crippen molar-refractivity contribution < 1.29 is 19.4 Å². The van der Waals surface area contributed by atoms with E-state index in [1.807, 2.05) is 0 Å². The van der Waals surface area contributed by atoms with Gasteiger partial charge in [0, 0.05) is 5.56 Å². The highest BCUT2D eigenvalue weighted by molar-refractivity contribution is 5.76. The van der Waals surface area contributed by atoms with Gasteiger partial charge in [-0.25, -0.2) is 0 Å². The Labute approximate surface area is 94.8 Å². The molecule has 0 unspecified atom stereocenters. The van der Waals surface area contributed by atoms with Crippen molar-refractivity contribution in [2.75, 3.05) is 13.7 Å². The highest BCUT2D eigenvalue weighted by atomic mass is 16.5.